The predicted octanol–water partition coefficient (Wildman–Crippen LogP) is 2.05. The molecule has 0 unspecified atom stereocenters. The van der Waals surface area contributed by atoms with Gasteiger partial charge in [0.05, 0.1) is 11.0 Å². The van der Waals surface area contributed by atoms with Crippen LogP contribution in [0.4, 0.5) is 0 Å². The van der Waals surface area contributed by atoms with E-state index in [0.717, 1.165) is 32.8 Å². The molecule has 0 radical (unpaired) electrons. The van der Waals surface area contributed by atoms with E-state index in [9.17, 15) is 0 Å². The minimum Gasteiger partial charge on any atom is -0.253 e. The van der Waals surface area contributed by atoms with Crippen molar-refractivity contribution in [1.29, 1.82) is 0 Å². The molecule has 0 spiro atoms. The Bertz CT molecular complexity index is 849. The number of rotatable bonds is 0. The van der Waals surface area contributed by atoms with Gasteiger partial charge in [-0.25, -0.2) is 0 Å². The van der Waals surface area contributed by atoms with Crippen LogP contribution in [0.3, 0.4) is 0 Å². The smallest absolute Gasteiger partial charge is 0.120 e. The summed E-state index contributed by atoms with van der Waals surface area (Å²) >= 11 is 0. The Labute approximate surface area is 95.5 Å². The Morgan fingerprint density at radius 2 is 1.47 bits per heavy atom. The first-order valence-corrected chi connectivity index (χ1v) is 5.26. The number of hydrogen-bond acceptors (Lipinski definition) is 4. The zero-order valence-corrected chi connectivity index (χ0v) is 8.75. The molecule has 0 atom stereocenters. The Balaban J connectivity index is 2.34. The van der Waals surface area contributed by atoms with Crippen molar-refractivity contribution in [3.63, 3.8) is 0 Å². The fourth-order valence-electron chi connectivity index (χ4n) is 2.15. The molecule has 0 bridgehead atoms. The van der Waals surface area contributed by atoms with Crippen molar-refractivity contribution in [3.8, 4) is 0 Å². The SMILES string of the molecule is c1cnc2c(ccc3c2ccc2n[nH]nc23)n1. The Kier molecular flexibility index (Phi) is 1.50. The zero-order valence-electron chi connectivity index (χ0n) is 8.75. The van der Waals surface area contributed by atoms with Crippen LogP contribution in [0.5, 0.6) is 0 Å². The highest BCUT2D eigenvalue weighted by atomic mass is 15.3. The Morgan fingerprint density at radius 3 is 2.41 bits per heavy atom. The molecule has 4 aromatic rings. The number of benzene rings is 2. The molecule has 5 heteroatoms. The number of aromatic nitrogens is 5. The number of hydrogen-bond donors (Lipinski definition) is 1. The van der Waals surface area contributed by atoms with Crippen LogP contribution in [0.2, 0.25) is 0 Å². The lowest BCUT2D eigenvalue weighted by molar-refractivity contribution is 0.960. The molecular weight excluding hydrogens is 214 g/mol. The van der Waals surface area contributed by atoms with Gasteiger partial charge in [-0.1, -0.05) is 0 Å². The second-order valence-corrected chi connectivity index (χ2v) is 3.84. The second kappa shape index (κ2) is 2.98. The molecule has 2 heterocycles. The van der Waals surface area contributed by atoms with Crippen LogP contribution < -0.4 is 0 Å². The van der Waals surface area contributed by atoms with E-state index in [-0.39, 0.29) is 0 Å². The summed E-state index contributed by atoms with van der Waals surface area (Å²) < 4.78 is 0. The summed E-state index contributed by atoms with van der Waals surface area (Å²) in [6, 6.07) is 7.92. The average Bonchev–Trinajstić information content (AvgIpc) is 2.86. The van der Waals surface area contributed by atoms with Gasteiger partial charge in [-0.05, 0) is 24.3 Å². The third-order valence-corrected chi connectivity index (χ3v) is 2.92. The van der Waals surface area contributed by atoms with E-state index < -0.39 is 0 Å². The summed E-state index contributed by atoms with van der Waals surface area (Å²) in [6.07, 6.45) is 3.40. The van der Waals surface area contributed by atoms with Crippen LogP contribution in [0.25, 0.3) is 32.8 Å². The molecule has 4 rings (SSSR count). The lowest BCUT2D eigenvalue weighted by atomic mass is 10.1. The monoisotopic (exact) mass is 221 g/mol. The normalized spacial score (nSPS) is 11.5. The first kappa shape index (κ1) is 8.58. The number of nitrogens with one attached hydrogen (secondary N) is 1. The standard InChI is InChI=1S/C12H7N5/c1-3-9-11(14-6-5-13-9)7-2-4-10-12(8(1)7)16-17-15-10/h1-6H,(H,15,16,17). The van der Waals surface area contributed by atoms with Crippen molar-refractivity contribution in [2.24, 2.45) is 0 Å². The van der Waals surface area contributed by atoms with Gasteiger partial charge < -0.3 is 0 Å². The number of nitrogens with zero attached hydrogens (tertiary/aromatic N) is 4. The van der Waals surface area contributed by atoms with Crippen LogP contribution in [0.1, 0.15) is 0 Å². The van der Waals surface area contributed by atoms with Gasteiger partial charge in [-0.2, -0.15) is 15.4 Å². The van der Waals surface area contributed by atoms with Crippen LogP contribution in [-0.2, 0) is 0 Å². The highest BCUT2D eigenvalue weighted by Gasteiger charge is 2.07. The third kappa shape index (κ3) is 1.08. The highest BCUT2D eigenvalue weighted by Crippen LogP contribution is 2.26. The molecule has 0 aliphatic carbocycles. The molecule has 5 nitrogen and oxygen atoms in total. The van der Waals surface area contributed by atoms with E-state index in [1.807, 2.05) is 24.3 Å². The summed E-state index contributed by atoms with van der Waals surface area (Å²) in [7, 11) is 0. The fourth-order valence-corrected chi connectivity index (χ4v) is 2.15. The van der Waals surface area contributed by atoms with Crippen molar-refractivity contribution in [1.82, 2.24) is 25.4 Å². The molecule has 2 aromatic carbocycles. The maximum atomic E-state index is 4.38. The molecule has 2 aromatic heterocycles. The molecule has 0 aliphatic rings. The molecule has 0 saturated carbocycles. The van der Waals surface area contributed by atoms with Crippen molar-refractivity contribution >= 4 is 32.8 Å². The largest absolute Gasteiger partial charge is 0.253 e. The Morgan fingerprint density at radius 1 is 0.706 bits per heavy atom. The summed E-state index contributed by atoms with van der Waals surface area (Å²) in [5, 5.41) is 13.0. The van der Waals surface area contributed by atoms with E-state index in [1.54, 1.807) is 12.4 Å². The van der Waals surface area contributed by atoms with Gasteiger partial charge in [-0.15, -0.1) is 0 Å². The van der Waals surface area contributed by atoms with E-state index in [2.05, 4.69) is 25.4 Å². The summed E-state index contributed by atoms with van der Waals surface area (Å²) in [5.41, 5.74) is 3.52. The lowest BCUT2D eigenvalue weighted by Crippen LogP contribution is -1.85. The number of aromatic amines is 1. The summed E-state index contributed by atoms with van der Waals surface area (Å²) in [6.45, 7) is 0. The van der Waals surface area contributed by atoms with Gasteiger partial charge in [0.15, 0.2) is 0 Å². The number of fused-ring (bicyclic) bond motifs is 5. The fraction of sp³-hybridized carbons (Fsp3) is 0. The molecule has 0 aliphatic heterocycles. The van der Waals surface area contributed by atoms with Crippen LogP contribution in [-0.4, -0.2) is 25.4 Å². The van der Waals surface area contributed by atoms with E-state index >= 15 is 0 Å². The molecule has 80 valence electrons. The van der Waals surface area contributed by atoms with Crippen molar-refractivity contribution < 1.29 is 0 Å². The van der Waals surface area contributed by atoms with Gasteiger partial charge in [-0.3, -0.25) is 9.97 Å². The maximum Gasteiger partial charge on any atom is 0.120 e. The van der Waals surface area contributed by atoms with E-state index in [4.69, 9.17) is 0 Å². The van der Waals surface area contributed by atoms with Crippen LogP contribution in [0.15, 0.2) is 36.7 Å². The minimum atomic E-state index is 0.862. The van der Waals surface area contributed by atoms with Crippen LogP contribution >= 0.6 is 0 Å². The van der Waals surface area contributed by atoms with Crippen molar-refractivity contribution in [3.05, 3.63) is 36.7 Å². The molecule has 0 fully saturated rings. The minimum absolute atomic E-state index is 0.862. The lowest BCUT2D eigenvalue weighted by Gasteiger charge is -2.01. The number of H-pyrrole nitrogens is 1. The molecule has 1 N–H and O–H groups in total. The predicted molar refractivity (Wildman–Crippen MR) is 64.5 cm³/mol. The van der Waals surface area contributed by atoms with Crippen molar-refractivity contribution in [2.45, 2.75) is 0 Å². The summed E-state index contributed by atoms with van der Waals surface area (Å²) in [4.78, 5) is 8.67. The average molecular weight is 221 g/mol. The van der Waals surface area contributed by atoms with E-state index in [0.29, 0.717) is 0 Å². The first-order chi connectivity index (χ1) is 8.43. The quantitative estimate of drug-likeness (QED) is 0.461. The Hall–Kier alpha value is -2.56. The van der Waals surface area contributed by atoms with E-state index in [1.165, 1.54) is 0 Å². The first-order valence-electron chi connectivity index (χ1n) is 5.26. The van der Waals surface area contributed by atoms with Gasteiger partial charge in [0.1, 0.15) is 11.0 Å². The van der Waals surface area contributed by atoms with Crippen molar-refractivity contribution in [2.75, 3.05) is 0 Å². The maximum absolute atomic E-state index is 4.38. The molecule has 0 saturated heterocycles. The van der Waals surface area contributed by atoms with Gasteiger partial charge in [0.2, 0.25) is 0 Å². The topological polar surface area (TPSA) is 67.3 Å². The van der Waals surface area contributed by atoms with Crippen LogP contribution in [0, 0.1) is 0 Å². The van der Waals surface area contributed by atoms with Gasteiger partial charge in [0.25, 0.3) is 0 Å². The summed E-state index contributed by atoms with van der Waals surface area (Å²) in [5.74, 6) is 0. The molecule has 0 amide bonds. The van der Waals surface area contributed by atoms with Gasteiger partial charge >= 0.3 is 0 Å². The third-order valence-electron chi connectivity index (χ3n) is 2.92. The molecular formula is C12H7N5. The van der Waals surface area contributed by atoms with Gasteiger partial charge in [0, 0.05) is 23.2 Å². The zero-order chi connectivity index (χ0) is 11.2. The highest BCUT2D eigenvalue weighted by molar-refractivity contribution is 6.13. The second-order valence-electron chi connectivity index (χ2n) is 3.84. The molecule has 17 heavy (non-hydrogen) atoms.